The molecule has 2 aromatic heterocycles. The molecule has 0 spiro atoms. The summed E-state index contributed by atoms with van der Waals surface area (Å²) in [7, 11) is 0. The molecule has 4 unspecified atom stereocenters. The maximum atomic E-state index is 14.1. The number of piperazine rings is 1. The van der Waals surface area contributed by atoms with Gasteiger partial charge >= 0.3 is 5.97 Å². The number of benzene rings is 1. The van der Waals surface area contributed by atoms with Gasteiger partial charge in [0.2, 0.25) is 17.7 Å². The number of aliphatic imine (C=N–C) groups is 1. The Kier molecular flexibility index (Phi) is 21.8. The Bertz CT molecular complexity index is 2990. The van der Waals surface area contributed by atoms with Gasteiger partial charge in [-0.1, -0.05) is 74.7 Å². The van der Waals surface area contributed by atoms with Crippen molar-refractivity contribution in [3.63, 3.8) is 0 Å². The second kappa shape index (κ2) is 28.4. The summed E-state index contributed by atoms with van der Waals surface area (Å²) in [5, 5.41) is 13.6. The molecular weight excluding hydrogens is 1110 g/mol. The summed E-state index contributed by atoms with van der Waals surface area (Å²) in [5.74, 6) is 7.36. The van der Waals surface area contributed by atoms with Crippen molar-refractivity contribution in [1.29, 1.82) is 0 Å². The van der Waals surface area contributed by atoms with Crippen molar-refractivity contribution in [2.45, 2.75) is 182 Å². The van der Waals surface area contributed by atoms with E-state index in [0.29, 0.717) is 28.6 Å². The Hall–Kier alpha value is -6.35. The first-order chi connectivity index (χ1) is 41.2. The second-order valence-electron chi connectivity index (χ2n) is 28.2. The summed E-state index contributed by atoms with van der Waals surface area (Å²) in [4.78, 5) is 90.8. The van der Waals surface area contributed by atoms with Crippen molar-refractivity contribution in [3.05, 3.63) is 53.6 Å². The molecule has 5 aliphatic rings. The van der Waals surface area contributed by atoms with Crippen LogP contribution in [0.4, 0.5) is 4.39 Å². The number of primary amides is 1. The highest BCUT2D eigenvalue weighted by molar-refractivity contribution is 6.60. The van der Waals surface area contributed by atoms with E-state index in [0.717, 1.165) is 66.2 Å². The third kappa shape index (κ3) is 15.9. The van der Waals surface area contributed by atoms with Gasteiger partial charge in [0.25, 0.3) is 11.8 Å². The maximum Gasteiger partial charge on any atom is 0.308 e. The Morgan fingerprint density at radius 2 is 1.59 bits per heavy atom. The number of hydrazone groups is 1. The molecular formula is C66H98FN11O9. The fourth-order valence-electron chi connectivity index (χ4n) is 15.8. The molecule has 5 fully saturated rings. The lowest BCUT2D eigenvalue weighted by Gasteiger charge is -2.61. The first-order valence-corrected chi connectivity index (χ1v) is 32.0. The predicted molar refractivity (Wildman–Crippen MR) is 332 cm³/mol. The zero-order valence-corrected chi connectivity index (χ0v) is 53.3. The van der Waals surface area contributed by atoms with Crippen molar-refractivity contribution in [3.8, 4) is 11.3 Å². The van der Waals surface area contributed by atoms with Crippen LogP contribution < -0.4 is 22.2 Å². The van der Waals surface area contributed by atoms with Crippen LogP contribution in [-0.4, -0.2) is 149 Å². The monoisotopic (exact) mass is 1210 g/mol. The molecule has 21 heteroatoms. The van der Waals surface area contributed by atoms with Gasteiger partial charge in [0.05, 0.1) is 56.5 Å². The molecule has 1 aromatic carbocycles. The molecule has 4 saturated carbocycles. The van der Waals surface area contributed by atoms with Crippen LogP contribution in [0.25, 0.3) is 16.9 Å². The summed E-state index contributed by atoms with van der Waals surface area (Å²) in [5.41, 5.74) is 7.88. The van der Waals surface area contributed by atoms with E-state index in [9.17, 15) is 33.2 Å². The van der Waals surface area contributed by atoms with Gasteiger partial charge < -0.3 is 46.2 Å². The van der Waals surface area contributed by atoms with E-state index in [-0.39, 0.29) is 112 Å². The van der Waals surface area contributed by atoms with E-state index in [2.05, 4.69) is 55.3 Å². The number of aromatic nitrogens is 3. The number of halogens is 1. The SMILES string of the molecule is CC(C)CCC[C@@H](C)[C@H]1CCC2C3CCC4C[C@@H](OC(=O)C[C@H](NC(=O)CCOCCOCCNC(=O)CN=CC(=NN)C(=O)N5CCN(C(=O)c6cn7nc(-c8ccc(F)cc8)cc(C(C)(C)C)c7n6)C(C)(C)C5)C(N)=O)CC[C@]4(C)C3CC[C@@]21C. The Morgan fingerprint density at radius 3 is 2.28 bits per heavy atom. The molecule has 4 aliphatic carbocycles. The van der Waals surface area contributed by atoms with Crippen LogP contribution in [0.1, 0.15) is 175 Å². The second-order valence-corrected chi connectivity index (χ2v) is 28.2. The number of esters is 1. The summed E-state index contributed by atoms with van der Waals surface area (Å²) < 4.78 is 32.4. The van der Waals surface area contributed by atoms with Gasteiger partial charge in [-0.25, -0.2) is 13.9 Å². The highest BCUT2D eigenvalue weighted by Crippen LogP contribution is 2.68. The minimum atomic E-state index is -1.20. The molecule has 0 radical (unpaired) electrons. The quantitative estimate of drug-likeness (QED) is 0.0206. The molecule has 20 nitrogen and oxygen atoms in total. The summed E-state index contributed by atoms with van der Waals surface area (Å²) in [6.45, 7) is 23.1. The summed E-state index contributed by atoms with van der Waals surface area (Å²) >= 11 is 0. The van der Waals surface area contributed by atoms with Gasteiger partial charge in [-0.2, -0.15) is 10.2 Å². The van der Waals surface area contributed by atoms with E-state index < -0.39 is 41.2 Å². The normalized spacial score (nSPS) is 26.2. The van der Waals surface area contributed by atoms with E-state index in [1.165, 1.54) is 74.8 Å². The minimum Gasteiger partial charge on any atom is -0.462 e. The van der Waals surface area contributed by atoms with Crippen molar-refractivity contribution in [2.24, 2.45) is 73.9 Å². The number of rotatable bonds is 25. The zero-order chi connectivity index (χ0) is 63.0. The molecule has 1 saturated heterocycles. The van der Waals surface area contributed by atoms with Crippen molar-refractivity contribution >= 4 is 53.1 Å². The number of amides is 5. The molecule has 10 atom stereocenters. The third-order valence-corrected chi connectivity index (χ3v) is 20.4. The van der Waals surface area contributed by atoms with Gasteiger partial charge in [0, 0.05) is 43.7 Å². The first kappa shape index (κ1) is 66.6. The van der Waals surface area contributed by atoms with Gasteiger partial charge in [0.1, 0.15) is 30.2 Å². The summed E-state index contributed by atoms with van der Waals surface area (Å²) in [6, 6.07) is 6.77. The van der Waals surface area contributed by atoms with E-state index in [1.807, 2.05) is 40.7 Å². The fraction of sp³-hybridized carbons (Fsp3) is 0.697. The van der Waals surface area contributed by atoms with E-state index >= 15 is 0 Å². The first-order valence-electron chi connectivity index (χ1n) is 32.0. The van der Waals surface area contributed by atoms with E-state index in [4.69, 9.17) is 35.9 Å². The van der Waals surface area contributed by atoms with Crippen LogP contribution in [-0.2, 0) is 43.6 Å². The van der Waals surface area contributed by atoms with Crippen LogP contribution in [0.15, 0.2) is 46.6 Å². The molecule has 8 rings (SSSR count). The van der Waals surface area contributed by atoms with Crippen LogP contribution >= 0.6 is 0 Å². The smallest absolute Gasteiger partial charge is 0.308 e. The topological polar surface area (TPSA) is 268 Å². The molecule has 3 heterocycles. The average Bonchev–Trinajstić information content (AvgIpc) is 1.73. The van der Waals surface area contributed by atoms with Crippen molar-refractivity contribution in [2.75, 3.05) is 59.2 Å². The molecule has 3 aromatic rings. The zero-order valence-electron chi connectivity index (χ0n) is 53.3. The van der Waals surface area contributed by atoms with Crippen LogP contribution in [0, 0.1) is 58.1 Å². The predicted octanol–water partition coefficient (Wildman–Crippen LogP) is 8.21. The number of ether oxygens (including phenoxy) is 3. The summed E-state index contributed by atoms with van der Waals surface area (Å²) in [6.07, 6.45) is 16.6. The number of nitrogens with two attached hydrogens (primary N) is 2. The minimum absolute atomic E-state index is 0.0382. The maximum absolute atomic E-state index is 14.1. The molecule has 478 valence electrons. The number of nitrogens with zero attached hydrogens (tertiary/aromatic N) is 7. The van der Waals surface area contributed by atoms with Crippen LogP contribution in [0.5, 0.6) is 0 Å². The molecule has 1 aliphatic heterocycles. The van der Waals surface area contributed by atoms with Crippen molar-refractivity contribution < 1.29 is 47.4 Å². The number of carbonyl (C=O) groups is 6. The van der Waals surface area contributed by atoms with E-state index in [1.54, 1.807) is 27.7 Å². The van der Waals surface area contributed by atoms with Gasteiger partial charge in [-0.05, 0) is 160 Å². The largest absolute Gasteiger partial charge is 0.462 e. The van der Waals surface area contributed by atoms with Crippen LogP contribution in [0.2, 0.25) is 0 Å². The number of carbonyl (C=O) groups excluding carboxylic acids is 6. The standard InChI is InChI=1S/C66H98FN11O9/c1-41(2)12-11-13-42(3)48-20-21-49-47-19-16-44-34-46(22-25-65(44,9)50(47)23-26-66(48,49)10)87-58(81)36-53(59(68)82)72-56(79)24-30-85-32-33-86-31-27-71-57(80)38-70-37-54(74-69)61(83)76-28-29-77(64(7,8)40-76)62(84)55-39-78-60(73-55)51(63(4,5)6)35-52(75-78)43-14-17-45(67)18-15-43/h14-15,17-18,35,37,39,41-42,44,46-50,53H,11-13,16,19-34,36,38,40,69H2,1-10H3,(H2,68,82)(H,71,80)(H,72,79)/t42-,44?,46+,47?,48-,49?,50?,53+,65+,66-/m1/s1. The molecule has 87 heavy (non-hydrogen) atoms. The molecule has 5 amide bonds. The van der Waals surface area contributed by atoms with Gasteiger partial charge in [-0.15, -0.1) is 0 Å². The lowest BCUT2D eigenvalue weighted by Crippen LogP contribution is -2.63. The molecule has 6 N–H and O–H groups in total. The Balaban J connectivity index is 0.681. The van der Waals surface area contributed by atoms with Crippen molar-refractivity contribution in [1.82, 2.24) is 35.0 Å². The lowest BCUT2D eigenvalue weighted by atomic mass is 9.44. The van der Waals surface area contributed by atoms with Gasteiger partial charge in [-0.3, -0.25) is 33.8 Å². The fourth-order valence-corrected chi connectivity index (χ4v) is 15.8. The number of fused-ring (bicyclic) bond motifs is 6. The van der Waals surface area contributed by atoms with Gasteiger partial charge in [0.15, 0.2) is 11.4 Å². The highest BCUT2D eigenvalue weighted by atomic mass is 19.1. The Morgan fingerprint density at radius 1 is 0.874 bits per heavy atom. The number of hydrogen-bond donors (Lipinski definition) is 4. The lowest BCUT2D eigenvalue weighted by molar-refractivity contribution is -0.163. The van der Waals surface area contributed by atoms with Crippen LogP contribution in [0.3, 0.4) is 0 Å². The molecule has 0 bridgehead atoms. The number of hydrogen-bond acceptors (Lipinski definition) is 14. The average molecular weight is 1210 g/mol. The highest BCUT2D eigenvalue weighted by Gasteiger charge is 2.61. The Labute approximate surface area is 513 Å². The number of imidazole rings is 1. The number of nitrogens with one attached hydrogen (secondary N) is 2. The third-order valence-electron chi connectivity index (χ3n) is 20.4.